The van der Waals surface area contributed by atoms with Crippen LogP contribution in [-0.2, 0) is 13.0 Å². The minimum absolute atomic E-state index is 0.287. The first kappa shape index (κ1) is 18.8. The summed E-state index contributed by atoms with van der Waals surface area (Å²) in [6.45, 7) is 5.55. The molecule has 0 aliphatic heterocycles. The minimum atomic E-state index is 0.287. The maximum absolute atomic E-state index is 5.24. The molecule has 7 heteroatoms. The van der Waals surface area contributed by atoms with Crippen molar-refractivity contribution in [1.29, 1.82) is 0 Å². The first-order valence-corrected chi connectivity index (χ1v) is 8.52. The van der Waals surface area contributed by atoms with Crippen LogP contribution in [0.15, 0.2) is 33.8 Å². The molecule has 0 saturated heterocycles. The lowest BCUT2D eigenvalue weighted by Crippen LogP contribution is -2.37. The third kappa shape index (κ3) is 6.10. The van der Waals surface area contributed by atoms with Crippen molar-refractivity contribution in [1.82, 2.24) is 20.8 Å². The molecule has 0 fully saturated rings. The van der Waals surface area contributed by atoms with E-state index in [1.54, 1.807) is 14.2 Å². The summed E-state index contributed by atoms with van der Waals surface area (Å²) in [5.74, 6) is 3.35. The second-order valence-electron chi connectivity index (χ2n) is 6.01. The van der Waals surface area contributed by atoms with E-state index in [4.69, 9.17) is 9.26 Å². The van der Waals surface area contributed by atoms with Crippen LogP contribution in [0, 0.1) is 0 Å². The van der Waals surface area contributed by atoms with Crippen LogP contribution in [0.3, 0.4) is 0 Å². The first-order valence-electron chi connectivity index (χ1n) is 8.52. The van der Waals surface area contributed by atoms with E-state index in [0.29, 0.717) is 12.4 Å². The highest BCUT2D eigenvalue weighted by Crippen LogP contribution is 2.12. The molecule has 0 spiro atoms. The summed E-state index contributed by atoms with van der Waals surface area (Å²) in [6.07, 6.45) is 1.64. The number of methoxy groups -OCH3 is 1. The van der Waals surface area contributed by atoms with Crippen LogP contribution in [-0.4, -0.2) is 36.8 Å². The largest absolute Gasteiger partial charge is 0.497 e. The molecule has 2 rings (SSSR count). The van der Waals surface area contributed by atoms with Gasteiger partial charge in [0.05, 0.1) is 7.11 Å². The van der Waals surface area contributed by atoms with E-state index in [0.717, 1.165) is 42.5 Å². The molecular weight excluding hydrogens is 318 g/mol. The molecule has 136 valence electrons. The number of nitrogens with one attached hydrogen (secondary N) is 2. The van der Waals surface area contributed by atoms with Gasteiger partial charge in [-0.2, -0.15) is 4.98 Å². The zero-order valence-electron chi connectivity index (χ0n) is 15.4. The van der Waals surface area contributed by atoms with Crippen molar-refractivity contribution in [2.24, 2.45) is 4.99 Å². The molecule has 0 aliphatic carbocycles. The minimum Gasteiger partial charge on any atom is -0.497 e. The molecule has 1 aromatic heterocycles. The van der Waals surface area contributed by atoms with Crippen LogP contribution >= 0.6 is 0 Å². The Kier molecular flexibility index (Phi) is 7.25. The molecule has 25 heavy (non-hydrogen) atoms. The number of ether oxygens (including phenoxy) is 1. The summed E-state index contributed by atoms with van der Waals surface area (Å²) >= 11 is 0. The summed E-state index contributed by atoms with van der Waals surface area (Å²) in [6, 6.07) is 7.95. The van der Waals surface area contributed by atoms with Gasteiger partial charge in [-0.25, -0.2) is 0 Å². The molecule has 0 radical (unpaired) electrons. The van der Waals surface area contributed by atoms with Gasteiger partial charge < -0.3 is 19.9 Å². The average molecular weight is 345 g/mol. The van der Waals surface area contributed by atoms with Crippen LogP contribution in [0.5, 0.6) is 5.75 Å². The zero-order valence-corrected chi connectivity index (χ0v) is 15.4. The molecule has 2 aromatic rings. The monoisotopic (exact) mass is 345 g/mol. The third-order valence-corrected chi connectivity index (χ3v) is 3.68. The number of benzene rings is 1. The number of aliphatic imine (C=N–C) groups is 1. The van der Waals surface area contributed by atoms with Gasteiger partial charge in [0.2, 0.25) is 5.89 Å². The highest BCUT2D eigenvalue weighted by Gasteiger charge is 2.09. The molecule has 0 bridgehead atoms. The van der Waals surface area contributed by atoms with Crippen LogP contribution in [0.25, 0.3) is 0 Å². The van der Waals surface area contributed by atoms with E-state index in [1.807, 2.05) is 38.1 Å². The van der Waals surface area contributed by atoms with Crippen molar-refractivity contribution in [3.8, 4) is 5.75 Å². The van der Waals surface area contributed by atoms with Crippen LogP contribution < -0.4 is 15.4 Å². The molecule has 0 aliphatic rings. The van der Waals surface area contributed by atoms with Crippen molar-refractivity contribution in [2.45, 2.75) is 39.2 Å². The van der Waals surface area contributed by atoms with Crippen molar-refractivity contribution < 1.29 is 9.26 Å². The fourth-order valence-electron chi connectivity index (χ4n) is 2.24. The Bertz CT molecular complexity index is 682. The third-order valence-electron chi connectivity index (χ3n) is 3.68. The zero-order chi connectivity index (χ0) is 18.1. The number of aromatic nitrogens is 2. The Labute approximate surface area is 148 Å². The number of hydrogen-bond donors (Lipinski definition) is 2. The predicted molar refractivity (Wildman–Crippen MR) is 97.9 cm³/mol. The summed E-state index contributed by atoms with van der Waals surface area (Å²) in [7, 11) is 3.42. The summed E-state index contributed by atoms with van der Waals surface area (Å²) in [4.78, 5) is 8.60. The van der Waals surface area contributed by atoms with Gasteiger partial charge in [-0.05, 0) is 24.1 Å². The summed E-state index contributed by atoms with van der Waals surface area (Å²) < 4.78 is 10.5. The maximum Gasteiger partial charge on any atom is 0.226 e. The Morgan fingerprint density at radius 3 is 2.84 bits per heavy atom. The van der Waals surface area contributed by atoms with E-state index in [2.05, 4.69) is 25.8 Å². The van der Waals surface area contributed by atoms with Gasteiger partial charge in [0.1, 0.15) is 5.75 Å². The Morgan fingerprint density at radius 2 is 2.16 bits per heavy atom. The van der Waals surface area contributed by atoms with Gasteiger partial charge in [-0.3, -0.25) is 4.99 Å². The molecule has 0 saturated carbocycles. The highest BCUT2D eigenvalue weighted by molar-refractivity contribution is 5.79. The van der Waals surface area contributed by atoms with Gasteiger partial charge in [0, 0.05) is 32.5 Å². The van der Waals surface area contributed by atoms with E-state index in [9.17, 15) is 0 Å². The van der Waals surface area contributed by atoms with Gasteiger partial charge in [-0.15, -0.1) is 0 Å². The second kappa shape index (κ2) is 9.66. The van der Waals surface area contributed by atoms with E-state index in [-0.39, 0.29) is 5.92 Å². The lowest BCUT2D eigenvalue weighted by atomic mass is 10.2. The standard InChI is InChI=1S/C18H27N5O2/c1-13(2)17-22-16(25-23-17)9-6-10-20-18(19-3)21-12-14-7-5-8-15(11-14)24-4/h5,7-8,11,13H,6,9-10,12H2,1-4H3,(H2,19,20,21). The SMILES string of the molecule is CN=C(NCCCc1nc(C(C)C)no1)NCc1cccc(OC)c1. The topological polar surface area (TPSA) is 84.6 Å². The molecule has 0 atom stereocenters. The van der Waals surface area contributed by atoms with Crippen molar-refractivity contribution in [2.75, 3.05) is 20.7 Å². The van der Waals surface area contributed by atoms with E-state index >= 15 is 0 Å². The molecule has 0 unspecified atom stereocenters. The number of guanidine groups is 1. The van der Waals surface area contributed by atoms with Gasteiger partial charge in [0.25, 0.3) is 0 Å². The molecular formula is C18H27N5O2. The number of nitrogens with zero attached hydrogens (tertiary/aromatic N) is 3. The fourth-order valence-corrected chi connectivity index (χ4v) is 2.24. The number of rotatable bonds is 8. The lowest BCUT2D eigenvalue weighted by molar-refractivity contribution is 0.368. The Morgan fingerprint density at radius 1 is 1.32 bits per heavy atom. The van der Waals surface area contributed by atoms with Gasteiger partial charge in [-0.1, -0.05) is 31.1 Å². The molecule has 1 aromatic carbocycles. The van der Waals surface area contributed by atoms with Gasteiger partial charge in [0.15, 0.2) is 11.8 Å². The van der Waals surface area contributed by atoms with Crippen LogP contribution in [0.1, 0.15) is 43.5 Å². The molecule has 1 heterocycles. The van der Waals surface area contributed by atoms with Crippen molar-refractivity contribution in [3.63, 3.8) is 0 Å². The van der Waals surface area contributed by atoms with Crippen LogP contribution in [0.2, 0.25) is 0 Å². The second-order valence-corrected chi connectivity index (χ2v) is 6.01. The Hall–Kier alpha value is -2.57. The summed E-state index contributed by atoms with van der Waals surface area (Å²) in [5.41, 5.74) is 1.13. The highest BCUT2D eigenvalue weighted by atomic mass is 16.5. The predicted octanol–water partition coefficient (Wildman–Crippen LogP) is 2.50. The quantitative estimate of drug-likeness (QED) is 0.434. The summed E-state index contributed by atoms with van der Waals surface area (Å²) in [5, 5.41) is 10.5. The van der Waals surface area contributed by atoms with Crippen molar-refractivity contribution >= 4 is 5.96 Å². The van der Waals surface area contributed by atoms with Crippen LogP contribution in [0.4, 0.5) is 0 Å². The van der Waals surface area contributed by atoms with Gasteiger partial charge >= 0.3 is 0 Å². The van der Waals surface area contributed by atoms with E-state index < -0.39 is 0 Å². The Balaban J connectivity index is 1.71. The normalized spacial score (nSPS) is 11.6. The lowest BCUT2D eigenvalue weighted by Gasteiger charge is -2.12. The average Bonchev–Trinajstić information content (AvgIpc) is 3.10. The fraction of sp³-hybridized carbons (Fsp3) is 0.500. The maximum atomic E-state index is 5.24. The number of hydrogen-bond acceptors (Lipinski definition) is 5. The molecule has 0 amide bonds. The van der Waals surface area contributed by atoms with Crippen molar-refractivity contribution in [3.05, 3.63) is 41.5 Å². The van der Waals surface area contributed by atoms with E-state index in [1.165, 1.54) is 0 Å². The molecule has 7 nitrogen and oxygen atoms in total. The molecule has 2 N–H and O–H groups in total. The first-order chi connectivity index (χ1) is 12.1. The number of aryl methyl sites for hydroxylation is 1. The smallest absolute Gasteiger partial charge is 0.226 e.